The Morgan fingerprint density at radius 2 is 1.93 bits per heavy atom. The third-order valence-corrected chi connectivity index (χ3v) is 5.44. The summed E-state index contributed by atoms with van der Waals surface area (Å²) in [5.41, 5.74) is 2.83. The first-order chi connectivity index (χ1) is 14.7. The first kappa shape index (κ1) is 20.0. The summed E-state index contributed by atoms with van der Waals surface area (Å²) in [4.78, 5) is 26.3. The standard InChI is InChI=1S/C24H26N4O2/c1-2-15-30-22-6-4-3-5-20(22)17-28-13-9-18(10-14-28)21-16-23(29)27-24(26-21)19-7-11-25-12-8-19/h2-8,11-12,16,18H,1,9-10,13-15,17H2,(H,26,27,29). The van der Waals surface area contributed by atoms with Crippen molar-refractivity contribution in [2.45, 2.75) is 25.3 Å². The predicted octanol–water partition coefficient (Wildman–Crippen LogP) is 3.78. The van der Waals surface area contributed by atoms with Crippen LogP contribution >= 0.6 is 0 Å². The Bertz CT molecular complexity index is 1040. The van der Waals surface area contributed by atoms with Crippen molar-refractivity contribution in [3.8, 4) is 17.1 Å². The van der Waals surface area contributed by atoms with E-state index in [2.05, 4.69) is 27.5 Å². The lowest BCUT2D eigenvalue weighted by molar-refractivity contribution is 0.200. The molecule has 1 N–H and O–H groups in total. The van der Waals surface area contributed by atoms with E-state index in [1.807, 2.05) is 30.3 Å². The van der Waals surface area contributed by atoms with Gasteiger partial charge in [-0.25, -0.2) is 4.98 Å². The SMILES string of the molecule is C=CCOc1ccccc1CN1CCC(c2cc(=O)[nH]c(-c3ccncc3)n2)CC1. The molecule has 1 aromatic carbocycles. The lowest BCUT2D eigenvalue weighted by Crippen LogP contribution is -2.33. The van der Waals surface area contributed by atoms with Gasteiger partial charge in [0.25, 0.3) is 5.56 Å². The zero-order chi connectivity index (χ0) is 20.8. The highest BCUT2D eigenvalue weighted by Crippen LogP contribution is 2.29. The molecule has 1 aliphatic rings. The number of likely N-dealkylation sites (tertiary alicyclic amines) is 1. The van der Waals surface area contributed by atoms with Crippen molar-refractivity contribution in [1.82, 2.24) is 19.9 Å². The third-order valence-electron chi connectivity index (χ3n) is 5.44. The van der Waals surface area contributed by atoms with Crippen LogP contribution in [0, 0.1) is 0 Å². The van der Waals surface area contributed by atoms with Crippen molar-refractivity contribution in [3.05, 3.63) is 89.1 Å². The predicted molar refractivity (Wildman–Crippen MR) is 117 cm³/mol. The average molecular weight is 402 g/mol. The molecule has 0 bridgehead atoms. The van der Waals surface area contributed by atoms with Crippen LogP contribution in [0.2, 0.25) is 0 Å². The van der Waals surface area contributed by atoms with Gasteiger partial charge in [-0.1, -0.05) is 30.9 Å². The van der Waals surface area contributed by atoms with Crippen molar-refractivity contribution >= 4 is 0 Å². The van der Waals surface area contributed by atoms with Gasteiger partial charge in [-0.3, -0.25) is 14.7 Å². The fraction of sp³-hybridized carbons (Fsp3) is 0.292. The average Bonchev–Trinajstić information content (AvgIpc) is 2.79. The molecule has 1 saturated heterocycles. The number of aromatic nitrogens is 3. The zero-order valence-electron chi connectivity index (χ0n) is 17.0. The molecular weight excluding hydrogens is 376 g/mol. The van der Waals surface area contributed by atoms with Crippen LogP contribution in [0.25, 0.3) is 11.4 Å². The minimum atomic E-state index is -0.109. The number of nitrogens with one attached hydrogen (secondary N) is 1. The molecule has 1 fully saturated rings. The molecule has 154 valence electrons. The van der Waals surface area contributed by atoms with E-state index in [4.69, 9.17) is 9.72 Å². The van der Waals surface area contributed by atoms with Gasteiger partial charge in [-0.2, -0.15) is 0 Å². The zero-order valence-corrected chi connectivity index (χ0v) is 17.0. The fourth-order valence-corrected chi connectivity index (χ4v) is 3.88. The number of hydrogen-bond donors (Lipinski definition) is 1. The van der Waals surface area contributed by atoms with Gasteiger partial charge in [0.05, 0.1) is 5.69 Å². The van der Waals surface area contributed by atoms with E-state index < -0.39 is 0 Å². The molecule has 30 heavy (non-hydrogen) atoms. The number of nitrogens with zero attached hydrogens (tertiary/aromatic N) is 3. The number of hydrogen-bond acceptors (Lipinski definition) is 5. The molecule has 0 atom stereocenters. The van der Waals surface area contributed by atoms with E-state index in [1.165, 1.54) is 5.56 Å². The normalized spacial score (nSPS) is 15.1. The van der Waals surface area contributed by atoms with Crippen molar-refractivity contribution in [3.63, 3.8) is 0 Å². The summed E-state index contributed by atoms with van der Waals surface area (Å²) < 4.78 is 5.79. The van der Waals surface area contributed by atoms with Crippen LogP contribution in [0.1, 0.15) is 30.0 Å². The number of H-pyrrole nitrogens is 1. The van der Waals surface area contributed by atoms with Crippen LogP contribution in [-0.2, 0) is 6.54 Å². The van der Waals surface area contributed by atoms with Crippen LogP contribution < -0.4 is 10.3 Å². The molecular formula is C24H26N4O2. The van der Waals surface area contributed by atoms with Gasteiger partial charge in [0.15, 0.2) is 0 Å². The molecule has 2 aromatic heterocycles. The molecule has 0 aliphatic carbocycles. The second-order valence-corrected chi connectivity index (χ2v) is 7.51. The van der Waals surface area contributed by atoms with Gasteiger partial charge in [0, 0.05) is 42.0 Å². The topological polar surface area (TPSA) is 71.1 Å². The molecule has 4 rings (SSSR count). The van der Waals surface area contributed by atoms with Crippen LogP contribution in [0.4, 0.5) is 0 Å². The van der Waals surface area contributed by atoms with Crippen molar-refractivity contribution < 1.29 is 4.74 Å². The number of para-hydroxylation sites is 1. The number of pyridine rings is 1. The highest BCUT2D eigenvalue weighted by Gasteiger charge is 2.23. The first-order valence-electron chi connectivity index (χ1n) is 10.3. The molecule has 0 radical (unpaired) electrons. The lowest BCUT2D eigenvalue weighted by atomic mass is 9.93. The number of rotatable bonds is 7. The summed E-state index contributed by atoms with van der Waals surface area (Å²) in [7, 11) is 0. The number of aromatic amines is 1. The third kappa shape index (κ3) is 4.83. The van der Waals surface area contributed by atoms with E-state index in [1.54, 1.807) is 24.5 Å². The van der Waals surface area contributed by atoms with Gasteiger partial charge < -0.3 is 9.72 Å². The number of benzene rings is 1. The van der Waals surface area contributed by atoms with Crippen LogP contribution in [-0.4, -0.2) is 39.5 Å². The summed E-state index contributed by atoms with van der Waals surface area (Å²) in [6.45, 7) is 7.00. The smallest absolute Gasteiger partial charge is 0.251 e. The molecule has 3 aromatic rings. The maximum absolute atomic E-state index is 12.2. The highest BCUT2D eigenvalue weighted by atomic mass is 16.5. The minimum Gasteiger partial charge on any atom is -0.489 e. The molecule has 0 spiro atoms. The van der Waals surface area contributed by atoms with Crippen LogP contribution in [0.5, 0.6) is 5.75 Å². The van der Waals surface area contributed by atoms with Gasteiger partial charge in [-0.15, -0.1) is 0 Å². The first-order valence-corrected chi connectivity index (χ1v) is 10.3. The maximum atomic E-state index is 12.2. The molecule has 0 saturated carbocycles. The summed E-state index contributed by atoms with van der Waals surface area (Å²) in [6, 6.07) is 13.5. The summed E-state index contributed by atoms with van der Waals surface area (Å²) in [5.74, 6) is 1.81. The van der Waals surface area contributed by atoms with Crippen molar-refractivity contribution in [2.75, 3.05) is 19.7 Å². The van der Waals surface area contributed by atoms with Gasteiger partial charge in [0.2, 0.25) is 0 Å². The van der Waals surface area contributed by atoms with E-state index in [-0.39, 0.29) is 11.5 Å². The second-order valence-electron chi connectivity index (χ2n) is 7.51. The van der Waals surface area contributed by atoms with Crippen molar-refractivity contribution in [2.24, 2.45) is 0 Å². The highest BCUT2D eigenvalue weighted by molar-refractivity contribution is 5.53. The largest absolute Gasteiger partial charge is 0.489 e. The minimum absolute atomic E-state index is 0.109. The van der Waals surface area contributed by atoms with Crippen molar-refractivity contribution in [1.29, 1.82) is 0 Å². The quantitative estimate of drug-likeness (QED) is 0.609. The Kier molecular flexibility index (Phi) is 6.35. The Balaban J connectivity index is 1.43. The molecule has 6 heteroatoms. The molecule has 0 unspecified atom stereocenters. The van der Waals surface area contributed by atoms with E-state index in [0.717, 1.165) is 49.5 Å². The van der Waals surface area contributed by atoms with Crippen LogP contribution in [0.3, 0.4) is 0 Å². The van der Waals surface area contributed by atoms with E-state index in [9.17, 15) is 4.79 Å². The van der Waals surface area contributed by atoms with E-state index in [0.29, 0.717) is 12.4 Å². The lowest BCUT2D eigenvalue weighted by Gasteiger charge is -2.32. The molecule has 0 amide bonds. The molecule has 1 aliphatic heterocycles. The summed E-state index contributed by atoms with van der Waals surface area (Å²) in [5, 5.41) is 0. The Labute approximate surface area is 176 Å². The Hall–Kier alpha value is -3.25. The second kappa shape index (κ2) is 9.50. The fourth-order valence-electron chi connectivity index (χ4n) is 3.88. The summed E-state index contributed by atoms with van der Waals surface area (Å²) >= 11 is 0. The van der Waals surface area contributed by atoms with Crippen LogP contribution in [0.15, 0.2) is 72.3 Å². The number of piperidine rings is 1. The Morgan fingerprint density at radius 1 is 1.17 bits per heavy atom. The monoisotopic (exact) mass is 402 g/mol. The Morgan fingerprint density at radius 3 is 2.70 bits per heavy atom. The summed E-state index contributed by atoms with van der Waals surface area (Å²) in [6.07, 6.45) is 7.12. The van der Waals surface area contributed by atoms with Gasteiger partial charge >= 0.3 is 0 Å². The maximum Gasteiger partial charge on any atom is 0.251 e. The number of ether oxygens (including phenoxy) is 1. The van der Waals surface area contributed by atoms with Gasteiger partial charge in [0.1, 0.15) is 18.2 Å². The van der Waals surface area contributed by atoms with Gasteiger partial charge in [-0.05, 0) is 44.1 Å². The molecule has 6 nitrogen and oxygen atoms in total. The molecule has 3 heterocycles. The van der Waals surface area contributed by atoms with E-state index >= 15 is 0 Å².